The van der Waals surface area contributed by atoms with Crippen molar-refractivity contribution in [2.75, 3.05) is 7.05 Å². The van der Waals surface area contributed by atoms with Gasteiger partial charge in [0.15, 0.2) is 0 Å². The van der Waals surface area contributed by atoms with Crippen molar-refractivity contribution >= 4 is 11.6 Å². The number of hydrogen-bond donors (Lipinski definition) is 1. The van der Waals surface area contributed by atoms with Crippen LogP contribution in [0.15, 0.2) is 36.4 Å². The molecular formula is C16H16ClF2N. The van der Waals surface area contributed by atoms with Gasteiger partial charge in [-0.25, -0.2) is 8.78 Å². The molecule has 106 valence electrons. The molecule has 0 aromatic heterocycles. The second-order valence-electron chi connectivity index (χ2n) is 4.76. The molecule has 0 spiro atoms. The Balaban J connectivity index is 2.34. The van der Waals surface area contributed by atoms with Crippen LogP contribution in [0.2, 0.25) is 5.02 Å². The predicted octanol–water partition coefficient (Wildman–Crippen LogP) is 4.43. The fourth-order valence-corrected chi connectivity index (χ4v) is 2.38. The molecule has 0 saturated carbocycles. The molecule has 2 rings (SSSR count). The summed E-state index contributed by atoms with van der Waals surface area (Å²) in [6.45, 7) is 2.00. The number of likely N-dealkylation sites (N-methyl/N-ethyl adjacent to an activating group) is 1. The van der Waals surface area contributed by atoms with E-state index in [1.165, 1.54) is 0 Å². The van der Waals surface area contributed by atoms with Crippen molar-refractivity contribution in [1.82, 2.24) is 5.32 Å². The first kappa shape index (κ1) is 14.9. The van der Waals surface area contributed by atoms with Gasteiger partial charge in [-0.3, -0.25) is 0 Å². The summed E-state index contributed by atoms with van der Waals surface area (Å²) < 4.78 is 27.5. The standard InChI is InChI=1S/C16H16ClF2N/c1-10-5-3-4-6-11(10)7-16(20-2)12-8-15(19)13(17)9-14(12)18/h3-6,8-9,16,20H,7H2,1-2H3. The number of halogens is 3. The van der Waals surface area contributed by atoms with Gasteiger partial charge in [0.05, 0.1) is 5.02 Å². The van der Waals surface area contributed by atoms with Crippen molar-refractivity contribution in [3.63, 3.8) is 0 Å². The van der Waals surface area contributed by atoms with Crippen LogP contribution in [0.4, 0.5) is 8.78 Å². The van der Waals surface area contributed by atoms with E-state index in [4.69, 9.17) is 11.6 Å². The third kappa shape index (κ3) is 3.17. The Hall–Kier alpha value is -1.45. The molecule has 0 fully saturated rings. The lowest BCUT2D eigenvalue weighted by Crippen LogP contribution is -2.20. The highest BCUT2D eigenvalue weighted by molar-refractivity contribution is 6.30. The van der Waals surface area contributed by atoms with E-state index in [-0.39, 0.29) is 16.6 Å². The molecule has 0 amide bonds. The van der Waals surface area contributed by atoms with Crippen LogP contribution in [-0.2, 0) is 6.42 Å². The van der Waals surface area contributed by atoms with Crippen LogP contribution < -0.4 is 5.32 Å². The van der Waals surface area contributed by atoms with Crippen LogP contribution >= 0.6 is 11.6 Å². The molecule has 0 radical (unpaired) electrons. The predicted molar refractivity (Wildman–Crippen MR) is 78.1 cm³/mol. The monoisotopic (exact) mass is 295 g/mol. The lowest BCUT2D eigenvalue weighted by Gasteiger charge is -2.19. The normalized spacial score (nSPS) is 12.4. The Morgan fingerprint density at radius 3 is 2.50 bits per heavy atom. The molecule has 0 heterocycles. The van der Waals surface area contributed by atoms with E-state index in [9.17, 15) is 8.78 Å². The maximum atomic E-state index is 14.0. The van der Waals surface area contributed by atoms with Gasteiger partial charge in [-0.1, -0.05) is 35.9 Å². The molecule has 2 aromatic carbocycles. The molecule has 0 aliphatic heterocycles. The van der Waals surface area contributed by atoms with Gasteiger partial charge >= 0.3 is 0 Å². The molecule has 1 N–H and O–H groups in total. The van der Waals surface area contributed by atoms with Gasteiger partial charge in [-0.15, -0.1) is 0 Å². The SMILES string of the molecule is CNC(Cc1ccccc1C)c1cc(F)c(Cl)cc1F. The first-order chi connectivity index (χ1) is 9.52. The van der Waals surface area contributed by atoms with Crippen molar-refractivity contribution in [1.29, 1.82) is 0 Å². The van der Waals surface area contributed by atoms with Crippen molar-refractivity contribution in [3.8, 4) is 0 Å². The van der Waals surface area contributed by atoms with Gasteiger partial charge in [-0.05, 0) is 43.7 Å². The van der Waals surface area contributed by atoms with Crippen LogP contribution in [0.5, 0.6) is 0 Å². The summed E-state index contributed by atoms with van der Waals surface area (Å²) >= 11 is 5.58. The Labute approximate surface area is 122 Å². The summed E-state index contributed by atoms with van der Waals surface area (Å²) in [5, 5.41) is 2.83. The number of nitrogens with one attached hydrogen (secondary N) is 1. The number of benzene rings is 2. The molecule has 1 unspecified atom stereocenters. The Bertz CT molecular complexity index is 613. The van der Waals surface area contributed by atoms with E-state index in [0.29, 0.717) is 6.42 Å². The second kappa shape index (κ2) is 6.33. The zero-order valence-corrected chi connectivity index (χ0v) is 12.1. The third-order valence-corrected chi connectivity index (χ3v) is 3.74. The van der Waals surface area contributed by atoms with Gasteiger partial charge in [0.25, 0.3) is 0 Å². The first-order valence-electron chi connectivity index (χ1n) is 6.39. The highest BCUT2D eigenvalue weighted by Gasteiger charge is 2.18. The Morgan fingerprint density at radius 1 is 1.15 bits per heavy atom. The number of rotatable bonds is 4. The highest BCUT2D eigenvalue weighted by Crippen LogP contribution is 2.26. The fraction of sp³-hybridized carbons (Fsp3) is 0.250. The van der Waals surface area contributed by atoms with E-state index in [1.54, 1.807) is 7.05 Å². The number of hydrogen-bond acceptors (Lipinski definition) is 1. The van der Waals surface area contributed by atoms with E-state index >= 15 is 0 Å². The fourth-order valence-electron chi connectivity index (χ4n) is 2.23. The van der Waals surface area contributed by atoms with Crippen LogP contribution in [-0.4, -0.2) is 7.05 Å². The molecule has 1 nitrogen and oxygen atoms in total. The van der Waals surface area contributed by atoms with Crippen molar-refractivity contribution in [2.24, 2.45) is 0 Å². The smallest absolute Gasteiger partial charge is 0.142 e. The molecular weight excluding hydrogens is 280 g/mol. The molecule has 2 aromatic rings. The molecule has 4 heteroatoms. The lowest BCUT2D eigenvalue weighted by atomic mass is 9.96. The average Bonchev–Trinajstić information content (AvgIpc) is 2.42. The van der Waals surface area contributed by atoms with E-state index < -0.39 is 11.6 Å². The van der Waals surface area contributed by atoms with Crippen LogP contribution in [0.1, 0.15) is 22.7 Å². The summed E-state index contributed by atoms with van der Waals surface area (Å²) in [6, 6.07) is 9.77. The van der Waals surface area contributed by atoms with Crippen LogP contribution in [0, 0.1) is 18.6 Å². The summed E-state index contributed by atoms with van der Waals surface area (Å²) in [7, 11) is 1.73. The van der Waals surface area contributed by atoms with Crippen LogP contribution in [0.25, 0.3) is 0 Å². The minimum atomic E-state index is -0.604. The summed E-state index contributed by atoms with van der Waals surface area (Å²) in [5.41, 5.74) is 2.52. The first-order valence-corrected chi connectivity index (χ1v) is 6.77. The topological polar surface area (TPSA) is 12.0 Å². The zero-order valence-electron chi connectivity index (χ0n) is 11.4. The quantitative estimate of drug-likeness (QED) is 0.823. The van der Waals surface area contributed by atoms with E-state index in [1.807, 2.05) is 31.2 Å². The van der Waals surface area contributed by atoms with Gasteiger partial charge < -0.3 is 5.32 Å². The third-order valence-electron chi connectivity index (χ3n) is 3.45. The molecule has 0 aliphatic rings. The highest BCUT2D eigenvalue weighted by atomic mass is 35.5. The maximum Gasteiger partial charge on any atom is 0.142 e. The largest absolute Gasteiger partial charge is 0.313 e. The Kier molecular flexibility index (Phi) is 4.73. The summed E-state index contributed by atoms with van der Waals surface area (Å²) in [6.07, 6.45) is 0.584. The van der Waals surface area contributed by atoms with Crippen molar-refractivity contribution in [3.05, 3.63) is 69.7 Å². The van der Waals surface area contributed by atoms with Gasteiger partial charge in [0.2, 0.25) is 0 Å². The lowest BCUT2D eigenvalue weighted by molar-refractivity contribution is 0.522. The van der Waals surface area contributed by atoms with Crippen LogP contribution in [0.3, 0.4) is 0 Å². The Morgan fingerprint density at radius 2 is 1.85 bits per heavy atom. The molecule has 0 saturated heterocycles. The average molecular weight is 296 g/mol. The van der Waals surface area contributed by atoms with Crippen molar-refractivity contribution < 1.29 is 8.78 Å². The van der Waals surface area contributed by atoms with Gasteiger partial charge in [-0.2, -0.15) is 0 Å². The van der Waals surface area contributed by atoms with Crippen molar-refractivity contribution in [2.45, 2.75) is 19.4 Å². The molecule has 0 bridgehead atoms. The minimum absolute atomic E-state index is 0.197. The zero-order chi connectivity index (χ0) is 14.7. The van der Waals surface area contributed by atoms with Gasteiger partial charge in [0, 0.05) is 11.6 Å². The number of aryl methyl sites for hydroxylation is 1. The van der Waals surface area contributed by atoms with E-state index in [0.717, 1.165) is 23.3 Å². The summed E-state index contributed by atoms with van der Waals surface area (Å²) in [5.74, 6) is -1.10. The van der Waals surface area contributed by atoms with Gasteiger partial charge in [0.1, 0.15) is 11.6 Å². The maximum absolute atomic E-state index is 14.0. The molecule has 0 aliphatic carbocycles. The molecule has 1 atom stereocenters. The minimum Gasteiger partial charge on any atom is -0.313 e. The van der Waals surface area contributed by atoms with E-state index in [2.05, 4.69) is 5.32 Å². The summed E-state index contributed by atoms with van der Waals surface area (Å²) in [4.78, 5) is 0. The molecule has 20 heavy (non-hydrogen) atoms. The second-order valence-corrected chi connectivity index (χ2v) is 5.17.